The van der Waals surface area contributed by atoms with Crippen LogP contribution in [0.5, 0.6) is 0 Å². The second-order valence-corrected chi connectivity index (χ2v) is 3.44. The second kappa shape index (κ2) is 3.34. The van der Waals surface area contributed by atoms with Crippen molar-refractivity contribution in [3.05, 3.63) is 29.6 Å². The lowest BCUT2D eigenvalue weighted by atomic mass is 9.97. The molecular formula is C10H13FN2. The van der Waals surface area contributed by atoms with Crippen LogP contribution in [0.1, 0.15) is 17.9 Å². The van der Waals surface area contributed by atoms with Gasteiger partial charge in [-0.3, -0.25) is 0 Å². The quantitative estimate of drug-likeness (QED) is 0.642. The van der Waals surface area contributed by atoms with Crippen LogP contribution < -0.4 is 11.1 Å². The fraction of sp³-hybridized carbons (Fsp3) is 0.400. The largest absolute Gasteiger partial charge is 0.396 e. The normalized spacial score (nSPS) is 22.1. The van der Waals surface area contributed by atoms with E-state index in [1.54, 1.807) is 6.07 Å². The molecule has 0 spiro atoms. The molecule has 1 aliphatic heterocycles. The van der Waals surface area contributed by atoms with Crippen molar-refractivity contribution in [3.8, 4) is 0 Å². The predicted molar refractivity (Wildman–Crippen MR) is 51.0 cm³/mol. The Bertz CT molecular complexity index is 306. The molecule has 1 aromatic carbocycles. The summed E-state index contributed by atoms with van der Waals surface area (Å²) in [5, 5.41) is 3.21. The molecule has 2 rings (SSSR count). The van der Waals surface area contributed by atoms with E-state index < -0.39 is 0 Å². The summed E-state index contributed by atoms with van der Waals surface area (Å²) in [5.74, 6) is 0.0553. The van der Waals surface area contributed by atoms with E-state index in [-0.39, 0.29) is 11.5 Å². The third-order valence-corrected chi connectivity index (χ3v) is 2.56. The van der Waals surface area contributed by atoms with Crippen LogP contribution in [0.2, 0.25) is 0 Å². The number of benzene rings is 1. The van der Waals surface area contributed by atoms with Crippen molar-refractivity contribution < 1.29 is 4.39 Å². The van der Waals surface area contributed by atoms with Gasteiger partial charge in [0.05, 0.1) is 5.69 Å². The molecule has 0 amide bonds. The highest BCUT2D eigenvalue weighted by Gasteiger charge is 2.20. The maximum Gasteiger partial charge on any atom is 0.149 e. The van der Waals surface area contributed by atoms with Gasteiger partial charge in [0.15, 0.2) is 0 Å². The first-order chi connectivity index (χ1) is 6.29. The van der Waals surface area contributed by atoms with Gasteiger partial charge in [-0.15, -0.1) is 0 Å². The summed E-state index contributed by atoms with van der Waals surface area (Å²) in [6.45, 7) is 1.83. The number of rotatable bonds is 1. The third kappa shape index (κ3) is 1.52. The van der Waals surface area contributed by atoms with Crippen molar-refractivity contribution in [3.63, 3.8) is 0 Å². The van der Waals surface area contributed by atoms with Crippen LogP contribution in [-0.2, 0) is 0 Å². The molecule has 0 aromatic heterocycles. The fourth-order valence-electron chi connectivity index (χ4n) is 1.80. The standard InChI is InChI=1S/C10H13FN2/c11-10-8(2-1-3-9(10)12)7-4-5-13-6-7/h1-3,7,13H,4-6,12H2/t7-/m1/s1. The molecule has 0 aliphatic carbocycles. The predicted octanol–water partition coefficient (Wildman–Crippen LogP) is 1.48. The lowest BCUT2D eigenvalue weighted by molar-refractivity contribution is 0.592. The summed E-state index contributed by atoms with van der Waals surface area (Å²) in [5.41, 5.74) is 6.50. The van der Waals surface area contributed by atoms with Crippen LogP contribution in [0.15, 0.2) is 18.2 Å². The van der Waals surface area contributed by atoms with Gasteiger partial charge >= 0.3 is 0 Å². The highest BCUT2D eigenvalue weighted by Crippen LogP contribution is 2.27. The second-order valence-electron chi connectivity index (χ2n) is 3.44. The zero-order valence-electron chi connectivity index (χ0n) is 7.39. The van der Waals surface area contributed by atoms with E-state index in [1.165, 1.54) is 0 Å². The molecule has 0 saturated carbocycles. The Morgan fingerprint density at radius 3 is 3.00 bits per heavy atom. The molecule has 0 unspecified atom stereocenters. The van der Waals surface area contributed by atoms with Crippen LogP contribution in [0.25, 0.3) is 0 Å². The summed E-state index contributed by atoms with van der Waals surface area (Å²) < 4.78 is 13.5. The van der Waals surface area contributed by atoms with E-state index in [0.717, 1.165) is 25.1 Å². The molecule has 0 bridgehead atoms. The minimum absolute atomic E-state index is 0.240. The Morgan fingerprint density at radius 2 is 2.31 bits per heavy atom. The van der Waals surface area contributed by atoms with E-state index in [0.29, 0.717) is 5.92 Å². The maximum absolute atomic E-state index is 13.5. The van der Waals surface area contributed by atoms with Crippen molar-refractivity contribution in [2.75, 3.05) is 18.8 Å². The Balaban J connectivity index is 2.33. The molecule has 1 fully saturated rings. The topological polar surface area (TPSA) is 38.0 Å². The summed E-state index contributed by atoms with van der Waals surface area (Å²) >= 11 is 0. The smallest absolute Gasteiger partial charge is 0.149 e. The van der Waals surface area contributed by atoms with Crippen LogP contribution in [-0.4, -0.2) is 13.1 Å². The molecule has 2 nitrogen and oxygen atoms in total. The number of nitrogen functional groups attached to an aromatic ring is 1. The highest BCUT2D eigenvalue weighted by molar-refractivity contribution is 5.44. The van der Waals surface area contributed by atoms with Gasteiger partial charge in [0.1, 0.15) is 5.82 Å². The number of nitrogens with two attached hydrogens (primary N) is 1. The van der Waals surface area contributed by atoms with Crippen LogP contribution >= 0.6 is 0 Å². The lowest BCUT2D eigenvalue weighted by Gasteiger charge is -2.10. The van der Waals surface area contributed by atoms with Crippen molar-refractivity contribution in [1.82, 2.24) is 5.32 Å². The van der Waals surface area contributed by atoms with Gasteiger partial charge in [0.25, 0.3) is 0 Å². The molecule has 1 aromatic rings. The molecule has 3 heteroatoms. The molecule has 3 N–H and O–H groups in total. The Labute approximate surface area is 76.9 Å². The average Bonchev–Trinajstić information content (AvgIpc) is 2.62. The van der Waals surface area contributed by atoms with Gasteiger partial charge in [0.2, 0.25) is 0 Å². The Hall–Kier alpha value is -1.09. The minimum Gasteiger partial charge on any atom is -0.396 e. The summed E-state index contributed by atoms with van der Waals surface area (Å²) in [7, 11) is 0. The Kier molecular flexibility index (Phi) is 2.19. The Morgan fingerprint density at radius 1 is 1.46 bits per heavy atom. The fourth-order valence-corrected chi connectivity index (χ4v) is 1.80. The zero-order chi connectivity index (χ0) is 9.26. The molecular weight excluding hydrogens is 167 g/mol. The van der Waals surface area contributed by atoms with E-state index in [4.69, 9.17) is 5.73 Å². The average molecular weight is 180 g/mol. The number of hydrogen-bond acceptors (Lipinski definition) is 2. The van der Waals surface area contributed by atoms with Gasteiger partial charge in [-0.25, -0.2) is 4.39 Å². The number of halogens is 1. The number of hydrogen-bond donors (Lipinski definition) is 2. The van der Waals surface area contributed by atoms with E-state index in [2.05, 4.69) is 5.32 Å². The van der Waals surface area contributed by atoms with E-state index in [1.807, 2.05) is 12.1 Å². The zero-order valence-corrected chi connectivity index (χ0v) is 7.39. The summed E-state index contributed by atoms with van der Waals surface area (Å²) in [4.78, 5) is 0. The van der Waals surface area contributed by atoms with Crippen molar-refractivity contribution in [2.45, 2.75) is 12.3 Å². The third-order valence-electron chi connectivity index (χ3n) is 2.56. The van der Waals surface area contributed by atoms with Crippen LogP contribution in [0.3, 0.4) is 0 Å². The highest BCUT2D eigenvalue weighted by atomic mass is 19.1. The van der Waals surface area contributed by atoms with Gasteiger partial charge in [-0.2, -0.15) is 0 Å². The molecule has 0 radical (unpaired) electrons. The number of anilines is 1. The monoisotopic (exact) mass is 180 g/mol. The molecule has 1 atom stereocenters. The van der Waals surface area contributed by atoms with Gasteiger partial charge in [0, 0.05) is 12.5 Å². The lowest BCUT2D eigenvalue weighted by Crippen LogP contribution is -2.09. The number of nitrogens with one attached hydrogen (secondary N) is 1. The van der Waals surface area contributed by atoms with Crippen LogP contribution in [0.4, 0.5) is 10.1 Å². The minimum atomic E-state index is -0.240. The van der Waals surface area contributed by atoms with Crippen LogP contribution in [0, 0.1) is 5.82 Å². The van der Waals surface area contributed by atoms with Crippen molar-refractivity contribution >= 4 is 5.69 Å². The first kappa shape index (κ1) is 8.51. The molecule has 1 saturated heterocycles. The SMILES string of the molecule is Nc1cccc([C@@H]2CCNC2)c1F. The summed E-state index contributed by atoms with van der Waals surface area (Å²) in [6.07, 6.45) is 1.00. The van der Waals surface area contributed by atoms with Gasteiger partial charge in [-0.05, 0) is 24.6 Å². The molecule has 1 aliphatic rings. The van der Waals surface area contributed by atoms with Gasteiger partial charge in [-0.1, -0.05) is 12.1 Å². The van der Waals surface area contributed by atoms with E-state index in [9.17, 15) is 4.39 Å². The first-order valence-electron chi connectivity index (χ1n) is 4.53. The first-order valence-corrected chi connectivity index (χ1v) is 4.53. The van der Waals surface area contributed by atoms with Crippen molar-refractivity contribution in [1.29, 1.82) is 0 Å². The molecule has 70 valence electrons. The molecule has 13 heavy (non-hydrogen) atoms. The summed E-state index contributed by atoms with van der Waals surface area (Å²) in [6, 6.07) is 5.23. The maximum atomic E-state index is 13.5. The van der Waals surface area contributed by atoms with Gasteiger partial charge < -0.3 is 11.1 Å². The molecule has 1 heterocycles. The van der Waals surface area contributed by atoms with Crippen molar-refractivity contribution in [2.24, 2.45) is 0 Å². The van der Waals surface area contributed by atoms with E-state index >= 15 is 0 Å².